The maximum Gasteiger partial charge on any atom is 0.335 e. The SMILES string of the molecule is COc1cc(/C=C2\C(=O)NC(=O)N(c3ccc(Br)cc3)C2=O)cc(I)c1OCc1ccc(I)cc1. The second kappa shape index (κ2) is 11.1. The van der Waals surface area contributed by atoms with Gasteiger partial charge < -0.3 is 9.47 Å². The quantitative estimate of drug-likeness (QED) is 0.192. The van der Waals surface area contributed by atoms with E-state index in [0.29, 0.717) is 29.4 Å². The topological polar surface area (TPSA) is 84.9 Å². The highest BCUT2D eigenvalue weighted by Crippen LogP contribution is 2.35. The summed E-state index contributed by atoms with van der Waals surface area (Å²) in [7, 11) is 1.52. The van der Waals surface area contributed by atoms with Crippen molar-refractivity contribution >= 4 is 90.7 Å². The summed E-state index contributed by atoms with van der Waals surface area (Å²) in [6, 6.07) is 17.3. The van der Waals surface area contributed by atoms with Crippen molar-refractivity contribution in [3.05, 3.63) is 89.0 Å². The molecular weight excluding hydrogens is 742 g/mol. The lowest BCUT2D eigenvalue weighted by molar-refractivity contribution is -0.122. The Morgan fingerprint density at radius 1 is 1.00 bits per heavy atom. The van der Waals surface area contributed by atoms with Crippen LogP contribution in [0.25, 0.3) is 6.08 Å². The van der Waals surface area contributed by atoms with Crippen LogP contribution in [0.2, 0.25) is 0 Å². The zero-order chi connectivity index (χ0) is 25.1. The molecule has 1 aliphatic rings. The van der Waals surface area contributed by atoms with Crippen LogP contribution < -0.4 is 19.7 Å². The van der Waals surface area contributed by atoms with Crippen LogP contribution >= 0.6 is 61.1 Å². The number of benzene rings is 3. The Bertz CT molecular complexity index is 1340. The van der Waals surface area contributed by atoms with Crippen molar-refractivity contribution in [2.45, 2.75) is 6.61 Å². The lowest BCUT2D eigenvalue weighted by Gasteiger charge is -2.26. The highest BCUT2D eigenvalue weighted by Gasteiger charge is 2.36. The van der Waals surface area contributed by atoms with Gasteiger partial charge in [-0.2, -0.15) is 0 Å². The van der Waals surface area contributed by atoms with E-state index in [1.165, 1.54) is 13.2 Å². The van der Waals surface area contributed by atoms with Crippen LogP contribution in [0.4, 0.5) is 10.5 Å². The van der Waals surface area contributed by atoms with E-state index in [9.17, 15) is 14.4 Å². The van der Waals surface area contributed by atoms with Crippen LogP contribution in [0, 0.1) is 7.14 Å². The molecule has 178 valence electrons. The van der Waals surface area contributed by atoms with Crippen molar-refractivity contribution in [3.8, 4) is 11.5 Å². The Labute approximate surface area is 237 Å². The Kier molecular flexibility index (Phi) is 8.12. The van der Waals surface area contributed by atoms with Crippen LogP contribution in [0.5, 0.6) is 11.5 Å². The van der Waals surface area contributed by atoms with Crippen LogP contribution in [-0.4, -0.2) is 25.0 Å². The van der Waals surface area contributed by atoms with E-state index in [1.807, 2.05) is 24.3 Å². The molecule has 1 fully saturated rings. The minimum absolute atomic E-state index is 0.169. The van der Waals surface area contributed by atoms with Gasteiger partial charge in [-0.1, -0.05) is 28.1 Å². The molecule has 0 saturated carbocycles. The molecule has 3 aromatic carbocycles. The largest absolute Gasteiger partial charge is 0.493 e. The zero-order valence-electron chi connectivity index (χ0n) is 18.2. The van der Waals surface area contributed by atoms with Crippen molar-refractivity contribution in [1.82, 2.24) is 5.32 Å². The van der Waals surface area contributed by atoms with Gasteiger partial charge in [0.15, 0.2) is 11.5 Å². The predicted octanol–water partition coefficient (Wildman–Crippen LogP) is 5.91. The molecule has 4 amide bonds. The third-order valence-electron chi connectivity index (χ3n) is 5.05. The number of imide groups is 2. The second-order valence-electron chi connectivity index (χ2n) is 7.38. The normalized spacial score (nSPS) is 14.8. The molecule has 1 aliphatic heterocycles. The summed E-state index contributed by atoms with van der Waals surface area (Å²) >= 11 is 7.69. The van der Waals surface area contributed by atoms with E-state index in [4.69, 9.17) is 9.47 Å². The van der Waals surface area contributed by atoms with E-state index in [2.05, 4.69) is 66.4 Å². The number of nitrogens with zero attached hydrogens (tertiary/aromatic N) is 1. The summed E-state index contributed by atoms with van der Waals surface area (Å²) in [5.74, 6) is -0.464. The number of nitrogens with one attached hydrogen (secondary N) is 1. The van der Waals surface area contributed by atoms with Crippen molar-refractivity contribution < 1.29 is 23.9 Å². The Hall–Kier alpha value is -2.45. The van der Waals surface area contributed by atoms with Gasteiger partial charge in [0.25, 0.3) is 11.8 Å². The van der Waals surface area contributed by atoms with Gasteiger partial charge in [0, 0.05) is 8.04 Å². The number of carbonyl (C=O) groups excluding carboxylic acids is 3. The van der Waals surface area contributed by atoms with E-state index < -0.39 is 17.8 Å². The summed E-state index contributed by atoms with van der Waals surface area (Å²) in [6.07, 6.45) is 1.43. The summed E-state index contributed by atoms with van der Waals surface area (Å²) in [5.41, 5.74) is 1.74. The predicted molar refractivity (Wildman–Crippen MR) is 152 cm³/mol. The zero-order valence-corrected chi connectivity index (χ0v) is 24.1. The molecule has 1 saturated heterocycles. The van der Waals surface area contributed by atoms with Crippen LogP contribution in [0.3, 0.4) is 0 Å². The molecule has 3 aromatic rings. The Balaban J connectivity index is 1.63. The summed E-state index contributed by atoms with van der Waals surface area (Å²) in [4.78, 5) is 39.0. The van der Waals surface area contributed by atoms with Crippen LogP contribution in [0.1, 0.15) is 11.1 Å². The molecule has 0 unspecified atom stereocenters. The average molecular weight is 759 g/mol. The molecular formula is C25H17BrI2N2O5. The monoisotopic (exact) mass is 758 g/mol. The fourth-order valence-corrected chi connectivity index (χ4v) is 4.75. The molecule has 7 nitrogen and oxygen atoms in total. The number of methoxy groups -OCH3 is 1. The number of barbiturate groups is 1. The molecule has 0 aliphatic carbocycles. The number of hydrogen-bond acceptors (Lipinski definition) is 5. The first-order valence-electron chi connectivity index (χ1n) is 10.2. The van der Waals surface area contributed by atoms with Gasteiger partial charge >= 0.3 is 6.03 Å². The molecule has 10 heteroatoms. The van der Waals surface area contributed by atoms with Gasteiger partial charge in [0.2, 0.25) is 0 Å². The lowest BCUT2D eigenvalue weighted by Crippen LogP contribution is -2.54. The number of hydrogen-bond donors (Lipinski definition) is 1. The van der Waals surface area contributed by atoms with Gasteiger partial charge in [-0.3, -0.25) is 14.9 Å². The number of urea groups is 1. The standard InChI is InChI=1S/C25H17BrI2N2O5/c1-34-21-12-15(11-20(28)22(21)35-13-14-2-6-17(27)7-3-14)10-19-23(31)29-25(33)30(24(19)32)18-8-4-16(26)5-9-18/h2-12H,13H2,1H3,(H,29,31,33)/b19-10+. The number of carbonyl (C=O) groups is 3. The molecule has 1 heterocycles. The first kappa shape index (κ1) is 25.6. The molecule has 4 rings (SSSR count). The van der Waals surface area contributed by atoms with Gasteiger partial charge in [-0.05, 0) is 111 Å². The number of anilines is 1. The van der Waals surface area contributed by atoms with Gasteiger partial charge in [-0.15, -0.1) is 0 Å². The van der Waals surface area contributed by atoms with Crippen molar-refractivity contribution in [2.24, 2.45) is 0 Å². The van der Waals surface area contributed by atoms with Gasteiger partial charge in [0.1, 0.15) is 12.2 Å². The van der Waals surface area contributed by atoms with E-state index in [-0.39, 0.29) is 5.57 Å². The highest BCUT2D eigenvalue weighted by molar-refractivity contribution is 14.1. The third-order valence-corrected chi connectivity index (χ3v) is 7.09. The van der Waals surface area contributed by atoms with E-state index >= 15 is 0 Å². The van der Waals surface area contributed by atoms with Crippen molar-refractivity contribution in [2.75, 3.05) is 12.0 Å². The molecule has 1 N–H and O–H groups in total. The van der Waals surface area contributed by atoms with Gasteiger partial charge in [0.05, 0.1) is 16.4 Å². The number of halogens is 3. The number of amides is 4. The van der Waals surface area contributed by atoms with Crippen LogP contribution in [-0.2, 0) is 16.2 Å². The summed E-state index contributed by atoms with van der Waals surface area (Å²) in [6.45, 7) is 0.356. The second-order valence-corrected chi connectivity index (χ2v) is 10.7. The van der Waals surface area contributed by atoms with Gasteiger partial charge in [-0.25, -0.2) is 9.69 Å². The fourth-order valence-electron chi connectivity index (χ4n) is 3.35. The molecule has 0 aromatic heterocycles. The minimum atomic E-state index is -0.800. The maximum absolute atomic E-state index is 13.1. The third kappa shape index (κ3) is 5.86. The lowest BCUT2D eigenvalue weighted by atomic mass is 10.1. The van der Waals surface area contributed by atoms with E-state index in [0.717, 1.165) is 22.1 Å². The number of ether oxygens (including phenoxy) is 2. The molecule has 0 radical (unpaired) electrons. The molecule has 0 bridgehead atoms. The van der Waals surface area contributed by atoms with Crippen molar-refractivity contribution in [3.63, 3.8) is 0 Å². The maximum atomic E-state index is 13.1. The average Bonchev–Trinajstić information content (AvgIpc) is 2.83. The first-order valence-corrected chi connectivity index (χ1v) is 13.1. The van der Waals surface area contributed by atoms with Crippen molar-refractivity contribution in [1.29, 1.82) is 0 Å². The Morgan fingerprint density at radius 3 is 2.34 bits per heavy atom. The molecule has 0 spiro atoms. The summed E-state index contributed by atoms with van der Waals surface area (Å²) < 4.78 is 14.2. The fraction of sp³-hybridized carbons (Fsp3) is 0.0800. The number of rotatable bonds is 6. The molecule has 0 atom stereocenters. The first-order chi connectivity index (χ1) is 16.8. The Morgan fingerprint density at radius 2 is 1.69 bits per heavy atom. The minimum Gasteiger partial charge on any atom is -0.493 e. The summed E-state index contributed by atoms with van der Waals surface area (Å²) in [5, 5.41) is 2.23. The molecule has 35 heavy (non-hydrogen) atoms. The highest BCUT2D eigenvalue weighted by atomic mass is 127. The smallest absolute Gasteiger partial charge is 0.335 e. The van der Waals surface area contributed by atoms with E-state index in [1.54, 1.807) is 36.4 Å². The van der Waals surface area contributed by atoms with Crippen LogP contribution in [0.15, 0.2) is 70.7 Å².